The van der Waals surface area contributed by atoms with Gasteiger partial charge >= 0.3 is 0 Å². The van der Waals surface area contributed by atoms with E-state index in [1.807, 2.05) is 6.07 Å². The molecule has 0 aliphatic heterocycles. The van der Waals surface area contributed by atoms with Crippen molar-refractivity contribution >= 4 is 0 Å². The summed E-state index contributed by atoms with van der Waals surface area (Å²) in [6.45, 7) is 4.98. The zero-order valence-electron chi connectivity index (χ0n) is 3.15. The highest BCUT2D eigenvalue weighted by Gasteiger charge is 1.64. The smallest absolute Gasteiger partial charge is 0.0937 e. The van der Waals surface area contributed by atoms with E-state index in [0.717, 1.165) is 0 Å². The van der Waals surface area contributed by atoms with Gasteiger partial charge in [-0.25, -0.2) is 0 Å². The van der Waals surface area contributed by atoms with Crippen LogP contribution < -0.4 is 0 Å². The Morgan fingerprint density at radius 1 is 1.83 bits per heavy atom. The molecule has 0 aliphatic rings. The van der Waals surface area contributed by atoms with Crippen LogP contribution in [0.15, 0.2) is 12.2 Å². The predicted molar refractivity (Wildman–Crippen MR) is 27.2 cm³/mol. The first kappa shape index (κ1) is 8.97. The van der Waals surface area contributed by atoms with E-state index < -0.39 is 0 Å². The summed E-state index contributed by atoms with van der Waals surface area (Å²) < 4.78 is 0. The molecule has 0 bridgehead atoms. The minimum Gasteiger partial charge on any atom is -0.193 e. The van der Waals surface area contributed by atoms with Crippen LogP contribution in [0.5, 0.6) is 0 Å². The molecule has 0 saturated carbocycles. The third-order valence-corrected chi connectivity index (χ3v) is 0.191. The van der Waals surface area contributed by atoms with Crippen LogP contribution in [0.3, 0.4) is 0 Å². The first-order valence-electron chi connectivity index (χ1n) is 1.33. The molecule has 0 N–H and O–H groups in total. The van der Waals surface area contributed by atoms with Crippen molar-refractivity contribution in [3.63, 3.8) is 0 Å². The van der Waals surface area contributed by atoms with Crippen molar-refractivity contribution in [3.05, 3.63) is 12.2 Å². The molecule has 0 radical (unpaired) electrons. The largest absolute Gasteiger partial charge is 0.193 e. The summed E-state index contributed by atoms with van der Waals surface area (Å²) in [7, 11) is 0. The molecular weight excluding hydrogens is 74.1 g/mol. The van der Waals surface area contributed by atoms with Crippen LogP contribution in [0, 0.1) is 11.3 Å². The van der Waals surface area contributed by atoms with Gasteiger partial charge in [-0.3, -0.25) is 0 Å². The molecule has 34 valence electrons. The Hall–Kier alpha value is -0.770. The molecule has 0 aromatic carbocycles. The highest BCUT2D eigenvalue weighted by Crippen LogP contribution is 1.74. The lowest BCUT2D eigenvalue weighted by atomic mass is 10.4. The molecule has 0 fully saturated rings. The molecule has 6 heavy (non-hydrogen) atoms. The van der Waals surface area contributed by atoms with E-state index in [2.05, 4.69) is 6.58 Å². The number of nitriles is 1. The second kappa shape index (κ2) is 4.23. The number of rotatable bonds is 0. The Morgan fingerprint density at radius 2 is 2.00 bits per heavy atom. The Balaban J connectivity index is 0. The van der Waals surface area contributed by atoms with Crippen molar-refractivity contribution in [1.82, 2.24) is 0 Å². The normalized spacial score (nSPS) is 4.67. The summed E-state index contributed by atoms with van der Waals surface area (Å²) in [5, 5.41) is 7.79. The lowest BCUT2D eigenvalue weighted by Crippen LogP contribution is -1.51. The van der Waals surface area contributed by atoms with Crippen LogP contribution in [0.2, 0.25) is 0 Å². The van der Waals surface area contributed by atoms with Gasteiger partial charge in [0.15, 0.2) is 0 Å². The first-order valence-corrected chi connectivity index (χ1v) is 1.33. The molecule has 0 rings (SSSR count). The Morgan fingerprint density at radius 3 is 2.00 bits per heavy atom. The quantitative estimate of drug-likeness (QED) is 0.409. The predicted octanol–water partition coefficient (Wildman–Crippen LogP) is 1.72. The molecule has 0 aliphatic carbocycles. The maximum Gasteiger partial charge on any atom is 0.0937 e. The van der Waals surface area contributed by atoms with Gasteiger partial charge in [-0.15, -0.1) is 0 Å². The van der Waals surface area contributed by atoms with Crippen LogP contribution in [0.25, 0.3) is 0 Å². The molecule has 0 heterocycles. The standard InChI is InChI=1S/C4H5N.CH4/c1-4(2)3-5;/h1H2,2H3;1H4. The molecule has 0 aromatic rings. The van der Waals surface area contributed by atoms with Gasteiger partial charge in [0.05, 0.1) is 6.07 Å². The molecule has 0 unspecified atom stereocenters. The van der Waals surface area contributed by atoms with Gasteiger partial charge in [0, 0.05) is 5.57 Å². The molecular formula is C5H9N. The van der Waals surface area contributed by atoms with Crippen LogP contribution in [-0.2, 0) is 0 Å². The zero-order chi connectivity index (χ0) is 4.28. The second-order valence-corrected chi connectivity index (χ2v) is 0.892. The van der Waals surface area contributed by atoms with E-state index in [-0.39, 0.29) is 7.43 Å². The Bertz CT molecular complexity index is 76.4. The van der Waals surface area contributed by atoms with E-state index in [1.165, 1.54) is 0 Å². The number of allylic oxidation sites excluding steroid dienone is 1. The maximum atomic E-state index is 7.79. The number of nitrogens with zero attached hydrogens (tertiary/aromatic N) is 1. The molecule has 0 amide bonds. The lowest BCUT2D eigenvalue weighted by Gasteiger charge is -1.61. The summed E-state index contributed by atoms with van der Waals surface area (Å²) in [6, 6.07) is 1.83. The van der Waals surface area contributed by atoms with Crippen molar-refractivity contribution < 1.29 is 0 Å². The average Bonchev–Trinajstić information content (AvgIpc) is 1.38. The molecule has 0 saturated heterocycles. The van der Waals surface area contributed by atoms with Crippen LogP contribution >= 0.6 is 0 Å². The van der Waals surface area contributed by atoms with Crippen molar-refractivity contribution in [1.29, 1.82) is 5.26 Å². The highest BCUT2D eigenvalue weighted by atomic mass is 14.2. The molecule has 0 aromatic heterocycles. The molecule has 1 nitrogen and oxygen atoms in total. The third-order valence-electron chi connectivity index (χ3n) is 0.191. The topological polar surface area (TPSA) is 23.8 Å². The lowest BCUT2D eigenvalue weighted by molar-refractivity contribution is 1.46. The van der Waals surface area contributed by atoms with E-state index in [4.69, 9.17) is 5.26 Å². The summed E-state index contributed by atoms with van der Waals surface area (Å²) >= 11 is 0. The minimum absolute atomic E-state index is 0. The van der Waals surface area contributed by atoms with E-state index in [0.29, 0.717) is 5.57 Å². The van der Waals surface area contributed by atoms with Crippen LogP contribution in [-0.4, -0.2) is 0 Å². The van der Waals surface area contributed by atoms with Crippen molar-refractivity contribution in [3.8, 4) is 6.07 Å². The van der Waals surface area contributed by atoms with Gasteiger partial charge in [-0.2, -0.15) is 5.26 Å². The van der Waals surface area contributed by atoms with Crippen molar-refractivity contribution in [2.24, 2.45) is 0 Å². The van der Waals surface area contributed by atoms with Crippen molar-refractivity contribution in [2.45, 2.75) is 14.4 Å². The van der Waals surface area contributed by atoms with E-state index in [1.54, 1.807) is 6.92 Å². The van der Waals surface area contributed by atoms with Gasteiger partial charge in [-0.05, 0) is 6.92 Å². The zero-order valence-corrected chi connectivity index (χ0v) is 3.15. The van der Waals surface area contributed by atoms with Gasteiger partial charge in [0.1, 0.15) is 0 Å². The van der Waals surface area contributed by atoms with Gasteiger partial charge < -0.3 is 0 Å². The summed E-state index contributed by atoms with van der Waals surface area (Å²) in [4.78, 5) is 0. The van der Waals surface area contributed by atoms with Crippen LogP contribution in [0.4, 0.5) is 0 Å². The fourth-order valence-electron chi connectivity index (χ4n) is 0. The summed E-state index contributed by atoms with van der Waals surface area (Å²) in [6.07, 6.45) is 0. The second-order valence-electron chi connectivity index (χ2n) is 0.892. The molecule has 0 spiro atoms. The number of hydrogen-bond donors (Lipinski definition) is 0. The third kappa shape index (κ3) is 10.6. The van der Waals surface area contributed by atoms with Crippen molar-refractivity contribution in [2.75, 3.05) is 0 Å². The molecule has 1 heteroatoms. The Labute approximate surface area is 38.9 Å². The van der Waals surface area contributed by atoms with Crippen LogP contribution in [0.1, 0.15) is 14.4 Å². The van der Waals surface area contributed by atoms with Gasteiger partial charge in [0.2, 0.25) is 0 Å². The fraction of sp³-hybridized carbons (Fsp3) is 0.400. The number of hydrogen-bond acceptors (Lipinski definition) is 1. The minimum atomic E-state index is 0. The average molecular weight is 83.1 g/mol. The SMILES string of the molecule is C.C=C(C)C#N. The van der Waals surface area contributed by atoms with E-state index in [9.17, 15) is 0 Å². The van der Waals surface area contributed by atoms with Gasteiger partial charge in [-0.1, -0.05) is 14.0 Å². The first-order chi connectivity index (χ1) is 2.27. The fourth-order valence-corrected chi connectivity index (χ4v) is 0. The maximum absolute atomic E-state index is 7.79. The summed E-state index contributed by atoms with van der Waals surface area (Å²) in [5.41, 5.74) is 0.560. The van der Waals surface area contributed by atoms with Gasteiger partial charge in [0.25, 0.3) is 0 Å². The molecule has 0 atom stereocenters. The summed E-state index contributed by atoms with van der Waals surface area (Å²) in [5.74, 6) is 0. The van der Waals surface area contributed by atoms with E-state index >= 15 is 0 Å². The Kier molecular flexibility index (Phi) is 6.32. The highest BCUT2D eigenvalue weighted by molar-refractivity contribution is 5.11. The monoisotopic (exact) mass is 83.1 g/mol.